The van der Waals surface area contributed by atoms with Crippen molar-refractivity contribution in [3.05, 3.63) is 0 Å². The van der Waals surface area contributed by atoms with Crippen molar-refractivity contribution in [2.75, 3.05) is 13.2 Å². The number of rotatable bonds is 55. The van der Waals surface area contributed by atoms with Crippen molar-refractivity contribution in [2.45, 2.75) is 348 Å². The molecule has 0 fully saturated rings. The standard InChI is InChI=1S/C60H114O8/c1-5-9-13-15-21-28-38-46-56(68-60(64)52-36-12-8-4)48-40-30-26-32-42-50-58(62)66-54-44-34-25-20-18-17-19-24-33-43-53-65-57(61)49-41-31-23-22-29-39-47-55(45-37-27-16-14-10-6-2)67-59(63)51-35-11-7-3/h55-56H,5-54H2,1-4H3. The second-order valence-corrected chi connectivity index (χ2v) is 20.5. The molecule has 402 valence electrons. The maximum absolute atomic E-state index is 12.4. The van der Waals surface area contributed by atoms with Crippen LogP contribution in [0, 0.1) is 0 Å². The molecule has 0 spiro atoms. The third-order valence-electron chi connectivity index (χ3n) is 13.7. The normalized spacial score (nSPS) is 12.2. The zero-order valence-corrected chi connectivity index (χ0v) is 45.8. The molecule has 0 rings (SSSR count). The van der Waals surface area contributed by atoms with E-state index in [-0.39, 0.29) is 36.1 Å². The minimum Gasteiger partial charge on any atom is -0.466 e. The SMILES string of the molecule is CCCCCCCCCC(CCCCCCCC(=O)OCCCCCCCCCCCCOC(=O)CCCCCCCCC(CCCCCCCC)OC(=O)CCCCC)OC(=O)CCCCC. The Labute approximate surface area is 421 Å². The summed E-state index contributed by atoms with van der Waals surface area (Å²) in [4.78, 5) is 49.2. The molecule has 0 aromatic rings. The lowest BCUT2D eigenvalue weighted by Crippen LogP contribution is -2.18. The first-order valence-electron chi connectivity index (χ1n) is 30.1. The Morgan fingerprint density at radius 2 is 0.456 bits per heavy atom. The molecule has 0 aromatic heterocycles. The van der Waals surface area contributed by atoms with Crippen molar-refractivity contribution >= 4 is 23.9 Å². The Kier molecular flexibility index (Phi) is 52.5. The summed E-state index contributed by atoms with van der Waals surface area (Å²) in [5.74, 6) is -0.125. The van der Waals surface area contributed by atoms with Gasteiger partial charge in [-0.3, -0.25) is 19.2 Å². The molecule has 0 radical (unpaired) electrons. The van der Waals surface area contributed by atoms with Gasteiger partial charge in [0.1, 0.15) is 12.2 Å². The van der Waals surface area contributed by atoms with E-state index in [1.54, 1.807) is 0 Å². The summed E-state index contributed by atoms with van der Waals surface area (Å²) in [5.41, 5.74) is 0. The third-order valence-corrected chi connectivity index (χ3v) is 13.7. The van der Waals surface area contributed by atoms with Crippen LogP contribution in [0.5, 0.6) is 0 Å². The number of hydrogen-bond acceptors (Lipinski definition) is 8. The molecule has 0 bridgehead atoms. The van der Waals surface area contributed by atoms with Crippen molar-refractivity contribution in [2.24, 2.45) is 0 Å². The molecule has 0 saturated carbocycles. The molecule has 0 saturated heterocycles. The highest BCUT2D eigenvalue weighted by Crippen LogP contribution is 2.21. The summed E-state index contributed by atoms with van der Waals surface area (Å²) >= 11 is 0. The lowest BCUT2D eigenvalue weighted by Gasteiger charge is -2.18. The molecule has 0 aromatic carbocycles. The minimum atomic E-state index is -0.0554. The minimum absolute atomic E-state index is 0.00724. The lowest BCUT2D eigenvalue weighted by molar-refractivity contribution is -0.151. The summed E-state index contributed by atoms with van der Waals surface area (Å²) in [6.45, 7) is 9.92. The molecule has 2 atom stereocenters. The van der Waals surface area contributed by atoms with E-state index in [2.05, 4.69) is 27.7 Å². The molecule has 0 aliphatic carbocycles. The van der Waals surface area contributed by atoms with Crippen LogP contribution in [0.25, 0.3) is 0 Å². The summed E-state index contributed by atoms with van der Waals surface area (Å²) in [6, 6.07) is 0. The molecule has 68 heavy (non-hydrogen) atoms. The maximum Gasteiger partial charge on any atom is 0.306 e. The fraction of sp³-hybridized carbons (Fsp3) is 0.933. The van der Waals surface area contributed by atoms with E-state index in [4.69, 9.17) is 18.9 Å². The highest BCUT2D eigenvalue weighted by Gasteiger charge is 2.16. The van der Waals surface area contributed by atoms with Gasteiger partial charge in [-0.2, -0.15) is 0 Å². The van der Waals surface area contributed by atoms with Gasteiger partial charge in [0.15, 0.2) is 0 Å². The Balaban J connectivity index is 3.73. The quantitative estimate of drug-likeness (QED) is 0.0337. The number of unbranched alkanes of at least 4 members (excludes halogenated alkanes) is 33. The summed E-state index contributed by atoms with van der Waals surface area (Å²) in [5, 5.41) is 0. The highest BCUT2D eigenvalue weighted by molar-refractivity contribution is 5.70. The first-order valence-corrected chi connectivity index (χ1v) is 30.1. The number of ether oxygens (including phenoxy) is 4. The molecule has 0 heterocycles. The Hall–Kier alpha value is -2.12. The van der Waals surface area contributed by atoms with E-state index in [0.29, 0.717) is 38.9 Å². The molecule has 2 unspecified atom stereocenters. The summed E-state index contributed by atoms with van der Waals surface area (Å²) < 4.78 is 22.9. The molecule has 8 nitrogen and oxygen atoms in total. The van der Waals surface area contributed by atoms with Gasteiger partial charge in [-0.1, -0.05) is 220 Å². The zero-order valence-electron chi connectivity index (χ0n) is 45.8. The van der Waals surface area contributed by atoms with Gasteiger partial charge in [0, 0.05) is 25.7 Å². The summed E-state index contributed by atoms with van der Waals surface area (Å²) in [6.07, 6.45) is 52.4. The van der Waals surface area contributed by atoms with Crippen molar-refractivity contribution in [3.8, 4) is 0 Å². The number of carbonyl (C=O) groups excluding carboxylic acids is 4. The van der Waals surface area contributed by atoms with Crippen molar-refractivity contribution < 1.29 is 38.1 Å². The van der Waals surface area contributed by atoms with Gasteiger partial charge in [0.05, 0.1) is 13.2 Å². The smallest absolute Gasteiger partial charge is 0.306 e. The second-order valence-electron chi connectivity index (χ2n) is 20.5. The molecule has 0 N–H and O–H groups in total. The molecule has 0 aliphatic heterocycles. The molecule has 8 heteroatoms. The van der Waals surface area contributed by atoms with Crippen molar-refractivity contribution in [1.29, 1.82) is 0 Å². The van der Waals surface area contributed by atoms with Gasteiger partial charge in [-0.15, -0.1) is 0 Å². The monoisotopic (exact) mass is 963 g/mol. The predicted octanol–water partition coefficient (Wildman–Crippen LogP) is 18.7. The van der Waals surface area contributed by atoms with Crippen LogP contribution in [-0.2, 0) is 38.1 Å². The summed E-state index contributed by atoms with van der Waals surface area (Å²) in [7, 11) is 0. The number of carbonyl (C=O) groups is 4. The first-order chi connectivity index (χ1) is 33.4. The van der Waals surface area contributed by atoms with Gasteiger partial charge >= 0.3 is 23.9 Å². The van der Waals surface area contributed by atoms with Gasteiger partial charge in [-0.05, 0) is 89.9 Å². The van der Waals surface area contributed by atoms with E-state index in [1.807, 2.05) is 0 Å². The van der Waals surface area contributed by atoms with Gasteiger partial charge in [-0.25, -0.2) is 0 Å². The second kappa shape index (κ2) is 54.2. The largest absolute Gasteiger partial charge is 0.466 e. The molecular weight excluding hydrogens is 849 g/mol. The van der Waals surface area contributed by atoms with Crippen molar-refractivity contribution in [3.63, 3.8) is 0 Å². The Morgan fingerprint density at radius 3 is 0.750 bits per heavy atom. The van der Waals surface area contributed by atoms with E-state index < -0.39 is 0 Å². The van der Waals surface area contributed by atoms with Gasteiger partial charge in [0.25, 0.3) is 0 Å². The average Bonchev–Trinajstić information content (AvgIpc) is 3.32. The third kappa shape index (κ3) is 50.3. The Morgan fingerprint density at radius 1 is 0.250 bits per heavy atom. The molecule has 0 aliphatic rings. The predicted molar refractivity (Wildman–Crippen MR) is 286 cm³/mol. The Bertz CT molecular complexity index is 1090. The van der Waals surface area contributed by atoms with E-state index in [1.165, 1.54) is 116 Å². The molecular formula is C60H114O8. The number of esters is 4. The van der Waals surface area contributed by atoms with Crippen LogP contribution >= 0.6 is 0 Å². The van der Waals surface area contributed by atoms with Crippen LogP contribution in [0.3, 0.4) is 0 Å². The first kappa shape index (κ1) is 65.9. The van der Waals surface area contributed by atoms with E-state index in [0.717, 1.165) is 167 Å². The average molecular weight is 964 g/mol. The molecule has 0 amide bonds. The fourth-order valence-electron chi connectivity index (χ4n) is 9.19. The van der Waals surface area contributed by atoms with Crippen LogP contribution in [0.4, 0.5) is 0 Å². The van der Waals surface area contributed by atoms with Crippen LogP contribution < -0.4 is 0 Å². The van der Waals surface area contributed by atoms with Crippen LogP contribution in [0.1, 0.15) is 336 Å². The van der Waals surface area contributed by atoms with Gasteiger partial charge in [0.2, 0.25) is 0 Å². The van der Waals surface area contributed by atoms with Crippen LogP contribution in [0.2, 0.25) is 0 Å². The zero-order chi connectivity index (χ0) is 49.6. The van der Waals surface area contributed by atoms with E-state index in [9.17, 15) is 19.2 Å². The highest BCUT2D eigenvalue weighted by atomic mass is 16.6. The number of hydrogen-bond donors (Lipinski definition) is 0. The van der Waals surface area contributed by atoms with Gasteiger partial charge < -0.3 is 18.9 Å². The lowest BCUT2D eigenvalue weighted by atomic mass is 10.0. The topological polar surface area (TPSA) is 105 Å². The van der Waals surface area contributed by atoms with Crippen molar-refractivity contribution in [1.82, 2.24) is 0 Å². The van der Waals surface area contributed by atoms with Crippen LogP contribution in [0.15, 0.2) is 0 Å². The maximum atomic E-state index is 12.4. The fourth-order valence-corrected chi connectivity index (χ4v) is 9.19. The van der Waals surface area contributed by atoms with Crippen LogP contribution in [-0.4, -0.2) is 49.3 Å². The van der Waals surface area contributed by atoms with E-state index >= 15 is 0 Å².